The molecule has 1 heterocycles. The molecule has 1 amide bonds. The van der Waals surface area contributed by atoms with E-state index in [9.17, 15) is 13.2 Å². The summed E-state index contributed by atoms with van der Waals surface area (Å²) in [7, 11) is -3.65. The number of rotatable bonds is 6. The van der Waals surface area contributed by atoms with Crippen molar-refractivity contribution in [2.45, 2.75) is 9.79 Å². The summed E-state index contributed by atoms with van der Waals surface area (Å²) in [6.07, 6.45) is 1.60. The van der Waals surface area contributed by atoms with Gasteiger partial charge in [0, 0.05) is 28.0 Å². The van der Waals surface area contributed by atoms with Crippen molar-refractivity contribution in [3.63, 3.8) is 0 Å². The minimum Gasteiger partial charge on any atom is -0.366 e. The number of primary amides is 1. The van der Waals surface area contributed by atoms with Gasteiger partial charge in [-0.15, -0.1) is 0 Å². The van der Waals surface area contributed by atoms with Crippen molar-refractivity contribution in [2.75, 3.05) is 5.32 Å². The van der Waals surface area contributed by atoms with Crippen molar-refractivity contribution in [1.29, 1.82) is 0 Å². The Balaban J connectivity index is 1.55. The fourth-order valence-electron chi connectivity index (χ4n) is 2.98. The number of carbonyl (C=O) groups excluding carboxylic acids is 1. The van der Waals surface area contributed by atoms with Crippen LogP contribution >= 0.6 is 11.6 Å². The third-order valence-corrected chi connectivity index (χ3v) is 6.70. The van der Waals surface area contributed by atoms with Gasteiger partial charge in [-0.25, -0.2) is 18.4 Å². The van der Waals surface area contributed by atoms with Crippen molar-refractivity contribution in [2.24, 2.45) is 5.73 Å². The van der Waals surface area contributed by atoms with Crippen LogP contribution in [-0.4, -0.2) is 24.3 Å². The van der Waals surface area contributed by atoms with Crippen LogP contribution in [0.2, 0.25) is 5.02 Å². The molecule has 3 aromatic carbocycles. The summed E-state index contributed by atoms with van der Waals surface area (Å²) in [4.78, 5) is 20.2. The average molecular weight is 465 g/mol. The molecule has 0 spiro atoms. The second-order valence-electron chi connectivity index (χ2n) is 6.81. The van der Waals surface area contributed by atoms with E-state index in [2.05, 4.69) is 15.3 Å². The largest absolute Gasteiger partial charge is 0.366 e. The highest BCUT2D eigenvalue weighted by Crippen LogP contribution is 2.26. The van der Waals surface area contributed by atoms with Crippen LogP contribution in [0.4, 0.5) is 11.6 Å². The van der Waals surface area contributed by atoms with Crippen molar-refractivity contribution in [3.05, 3.63) is 95.6 Å². The third kappa shape index (κ3) is 4.61. The van der Waals surface area contributed by atoms with Gasteiger partial charge >= 0.3 is 0 Å². The van der Waals surface area contributed by atoms with E-state index in [-0.39, 0.29) is 9.79 Å². The fourth-order valence-corrected chi connectivity index (χ4v) is 4.37. The Hall–Kier alpha value is -3.75. The molecule has 0 saturated carbocycles. The molecular weight excluding hydrogens is 448 g/mol. The molecule has 0 aliphatic rings. The van der Waals surface area contributed by atoms with E-state index in [1.165, 1.54) is 24.3 Å². The van der Waals surface area contributed by atoms with Crippen LogP contribution in [0.3, 0.4) is 0 Å². The Kier molecular flexibility index (Phi) is 5.89. The van der Waals surface area contributed by atoms with Gasteiger partial charge in [0.05, 0.1) is 15.5 Å². The van der Waals surface area contributed by atoms with E-state index in [0.29, 0.717) is 27.9 Å². The lowest BCUT2D eigenvalue weighted by Crippen LogP contribution is -2.10. The van der Waals surface area contributed by atoms with Gasteiger partial charge in [0.2, 0.25) is 21.7 Å². The zero-order chi connectivity index (χ0) is 22.7. The molecule has 160 valence electrons. The second-order valence-corrected chi connectivity index (χ2v) is 9.20. The van der Waals surface area contributed by atoms with Gasteiger partial charge in [-0.05, 0) is 66.7 Å². The standard InChI is InChI=1S/C23H17ClN4O3S/c24-17-5-11-20(12-6-17)32(30,31)19-9-3-15(4-10-19)21-13-14-26-23(28-21)27-18-7-1-16(2-8-18)22(25)29/h1-14H,(H2,25,29)(H,26,27,28). The molecule has 0 radical (unpaired) electrons. The van der Waals surface area contributed by atoms with Gasteiger partial charge in [-0.1, -0.05) is 23.7 Å². The SMILES string of the molecule is NC(=O)c1ccc(Nc2nccc(-c3ccc(S(=O)(=O)c4ccc(Cl)cc4)cc3)n2)cc1. The van der Waals surface area contributed by atoms with Crippen LogP contribution < -0.4 is 11.1 Å². The number of sulfone groups is 1. The number of hydrogen-bond acceptors (Lipinski definition) is 6. The minimum absolute atomic E-state index is 0.172. The van der Waals surface area contributed by atoms with Crippen molar-refractivity contribution in [3.8, 4) is 11.3 Å². The second kappa shape index (κ2) is 8.78. The first-order chi connectivity index (χ1) is 15.3. The summed E-state index contributed by atoms with van der Waals surface area (Å²) >= 11 is 5.85. The van der Waals surface area contributed by atoms with Crippen LogP contribution in [0.1, 0.15) is 10.4 Å². The van der Waals surface area contributed by atoms with Crippen LogP contribution in [0.15, 0.2) is 94.9 Å². The molecule has 32 heavy (non-hydrogen) atoms. The summed E-state index contributed by atoms with van der Waals surface area (Å²) in [6, 6.07) is 20.8. The highest BCUT2D eigenvalue weighted by Gasteiger charge is 2.17. The van der Waals surface area contributed by atoms with Crippen LogP contribution in [0, 0.1) is 0 Å². The molecule has 0 atom stereocenters. The Morgan fingerprint density at radius 1 is 0.844 bits per heavy atom. The van der Waals surface area contributed by atoms with Gasteiger partial charge in [-0.3, -0.25) is 4.79 Å². The van der Waals surface area contributed by atoms with Gasteiger partial charge < -0.3 is 11.1 Å². The molecular formula is C23H17ClN4O3S. The quantitative estimate of drug-likeness (QED) is 0.435. The van der Waals surface area contributed by atoms with Gasteiger partial charge in [0.25, 0.3) is 0 Å². The van der Waals surface area contributed by atoms with Crippen molar-refractivity contribution < 1.29 is 13.2 Å². The Bertz CT molecular complexity index is 1370. The molecule has 3 N–H and O–H groups in total. The first-order valence-electron chi connectivity index (χ1n) is 9.44. The highest BCUT2D eigenvalue weighted by molar-refractivity contribution is 7.91. The van der Waals surface area contributed by atoms with Crippen molar-refractivity contribution in [1.82, 2.24) is 9.97 Å². The van der Waals surface area contributed by atoms with Crippen LogP contribution in [0.25, 0.3) is 11.3 Å². The molecule has 0 unspecified atom stereocenters. The summed E-state index contributed by atoms with van der Waals surface area (Å²) in [5, 5.41) is 3.53. The molecule has 0 aliphatic carbocycles. The highest BCUT2D eigenvalue weighted by atomic mass is 35.5. The minimum atomic E-state index is -3.65. The molecule has 7 nitrogen and oxygen atoms in total. The fraction of sp³-hybridized carbons (Fsp3) is 0. The van der Waals surface area contributed by atoms with Gasteiger partial charge in [-0.2, -0.15) is 0 Å². The van der Waals surface area contributed by atoms with Gasteiger partial charge in [0.1, 0.15) is 0 Å². The topological polar surface area (TPSA) is 115 Å². The number of nitrogens with zero attached hydrogens (tertiary/aromatic N) is 2. The summed E-state index contributed by atoms with van der Waals surface area (Å²) < 4.78 is 25.6. The predicted octanol–water partition coefficient (Wildman–Crippen LogP) is 4.47. The van der Waals surface area contributed by atoms with E-state index in [1.54, 1.807) is 60.8 Å². The van der Waals surface area contributed by atoms with Crippen LogP contribution in [0.5, 0.6) is 0 Å². The zero-order valence-corrected chi connectivity index (χ0v) is 18.1. The Labute approximate surface area is 189 Å². The monoisotopic (exact) mass is 464 g/mol. The number of amides is 1. The lowest BCUT2D eigenvalue weighted by atomic mass is 10.1. The lowest BCUT2D eigenvalue weighted by Gasteiger charge is -2.08. The van der Waals surface area contributed by atoms with Gasteiger partial charge in [0.15, 0.2) is 0 Å². The molecule has 9 heteroatoms. The maximum absolute atomic E-state index is 12.8. The molecule has 0 aliphatic heterocycles. The summed E-state index contributed by atoms with van der Waals surface area (Å²) in [5.74, 6) is -0.150. The normalized spacial score (nSPS) is 11.2. The summed E-state index contributed by atoms with van der Waals surface area (Å²) in [6.45, 7) is 0. The number of benzene rings is 3. The van der Waals surface area contributed by atoms with E-state index in [4.69, 9.17) is 17.3 Å². The molecule has 4 rings (SSSR count). The van der Waals surface area contributed by atoms with E-state index in [1.807, 2.05) is 0 Å². The number of anilines is 2. The maximum atomic E-state index is 12.8. The average Bonchev–Trinajstić information content (AvgIpc) is 2.80. The molecule has 0 bridgehead atoms. The predicted molar refractivity (Wildman–Crippen MR) is 123 cm³/mol. The Morgan fingerprint density at radius 3 is 2.03 bits per heavy atom. The van der Waals surface area contributed by atoms with E-state index in [0.717, 1.165) is 5.56 Å². The molecule has 4 aromatic rings. The number of hydrogen-bond donors (Lipinski definition) is 2. The molecule has 0 fully saturated rings. The smallest absolute Gasteiger partial charge is 0.248 e. The number of aromatic nitrogens is 2. The lowest BCUT2D eigenvalue weighted by molar-refractivity contribution is 0.100. The van der Waals surface area contributed by atoms with Crippen molar-refractivity contribution >= 4 is 39.0 Å². The van der Waals surface area contributed by atoms with E-state index >= 15 is 0 Å². The molecule has 0 saturated heterocycles. The Morgan fingerprint density at radius 2 is 1.44 bits per heavy atom. The maximum Gasteiger partial charge on any atom is 0.248 e. The first-order valence-corrected chi connectivity index (χ1v) is 11.3. The third-order valence-electron chi connectivity index (χ3n) is 4.67. The summed E-state index contributed by atoms with van der Waals surface area (Å²) in [5.41, 5.74) is 7.69. The number of nitrogens with one attached hydrogen (secondary N) is 1. The van der Waals surface area contributed by atoms with Crippen LogP contribution in [-0.2, 0) is 9.84 Å². The zero-order valence-electron chi connectivity index (χ0n) is 16.6. The number of halogens is 1. The molecule has 1 aromatic heterocycles. The first kappa shape index (κ1) is 21.5. The number of nitrogens with two attached hydrogens (primary N) is 1. The number of carbonyl (C=O) groups is 1. The van der Waals surface area contributed by atoms with E-state index < -0.39 is 15.7 Å².